The van der Waals surface area contributed by atoms with Crippen molar-refractivity contribution in [1.29, 1.82) is 0 Å². The maximum absolute atomic E-state index is 11.7. The molecule has 1 saturated heterocycles. The van der Waals surface area contributed by atoms with E-state index in [1.165, 1.54) is 11.0 Å². The van der Waals surface area contributed by atoms with Gasteiger partial charge < -0.3 is 10.0 Å². The first-order valence-electron chi connectivity index (χ1n) is 4.97. The second-order valence-corrected chi connectivity index (χ2v) is 4.77. The van der Waals surface area contributed by atoms with Gasteiger partial charge in [0.2, 0.25) is 5.91 Å². The predicted octanol–water partition coefficient (Wildman–Crippen LogP) is 2.38. The normalized spacial score (nSPS) is 19.8. The highest BCUT2D eigenvalue weighted by molar-refractivity contribution is 6.34. The van der Waals surface area contributed by atoms with E-state index in [2.05, 4.69) is 0 Å². The maximum Gasteiger partial charge on any atom is 0.339 e. The Morgan fingerprint density at radius 3 is 2.71 bits per heavy atom. The molecule has 90 valence electrons. The highest BCUT2D eigenvalue weighted by atomic mass is 35.5. The molecule has 0 bridgehead atoms. The van der Waals surface area contributed by atoms with Gasteiger partial charge in [0.1, 0.15) is 5.56 Å². The van der Waals surface area contributed by atoms with Crippen molar-refractivity contribution in [2.45, 2.75) is 11.8 Å². The molecule has 1 N–H and O–H groups in total. The Balaban J connectivity index is 2.49. The fourth-order valence-electron chi connectivity index (χ4n) is 1.85. The Kier molecular flexibility index (Phi) is 3.26. The van der Waals surface area contributed by atoms with E-state index in [4.69, 9.17) is 28.3 Å². The van der Waals surface area contributed by atoms with Crippen molar-refractivity contribution in [2.75, 3.05) is 11.4 Å². The van der Waals surface area contributed by atoms with Crippen LogP contribution in [0.2, 0.25) is 5.02 Å². The lowest BCUT2D eigenvalue weighted by Gasteiger charge is -2.18. The van der Waals surface area contributed by atoms with Crippen LogP contribution >= 0.6 is 23.2 Å². The molecule has 4 nitrogen and oxygen atoms in total. The molecule has 0 aliphatic carbocycles. The molecule has 6 heteroatoms. The van der Waals surface area contributed by atoms with Crippen molar-refractivity contribution in [3.05, 3.63) is 28.8 Å². The van der Waals surface area contributed by atoms with Gasteiger partial charge in [-0.25, -0.2) is 4.79 Å². The van der Waals surface area contributed by atoms with E-state index < -0.39 is 5.97 Å². The number of carbonyl (C=O) groups is 2. The fourth-order valence-corrected chi connectivity index (χ4v) is 2.37. The van der Waals surface area contributed by atoms with E-state index in [0.717, 1.165) is 0 Å². The summed E-state index contributed by atoms with van der Waals surface area (Å²) in [6, 6.07) is 4.65. The second kappa shape index (κ2) is 4.55. The van der Waals surface area contributed by atoms with Crippen LogP contribution in [0.25, 0.3) is 0 Å². The first-order chi connectivity index (χ1) is 8.00. The molecule has 1 amide bonds. The standard InChI is InChI=1S/C11H9Cl2NO3/c12-6-4-9(15)14(5-6)8-3-1-2-7(13)10(8)11(16)17/h1-3,6H,4-5H2,(H,16,17). The molecule has 1 heterocycles. The first kappa shape index (κ1) is 12.2. The van der Waals surface area contributed by atoms with Crippen LogP contribution in [0.1, 0.15) is 16.8 Å². The zero-order valence-electron chi connectivity index (χ0n) is 8.69. The molecule has 0 saturated carbocycles. The number of hydrogen-bond donors (Lipinski definition) is 1. The van der Waals surface area contributed by atoms with E-state index in [0.29, 0.717) is 12.2 Å². The third-order valence-corrected chi connectivity index (χ3v) is 3.18. The molecule has 1 aromatic rings. The van der Waals surface area contributed by atoms with Gasteiger partial charge in [0.05, 0.1) is 16.1 Å². The summed E-state index contributed by atoms with van der Waals surface area (Å²) < 4.78 is 0. The monoisotopic (exact) mass is 273 g/mol. The zero-order valence-corrected chi connectivity index (χ0v) is 10.2. The average Bonchev–Trinajstić information content (AvgIpc) is 2.56. The Bertz CT molecular complexity index is 490. The predicted molar refractivity (Wildman–Crippen MR) is 65.0 cm³/mol. The summed E-state index contributed by atoms with van der Waals surface area (Å²) in [6.07, 6.45) is 0.215. The molecule has 1 aliphatic rings. The molecule has 0 radical (unpaired) electrons. The number of alkyl halides is 1. The summed E-state index contributed by atoms with van der Waals surface area (Å²) in [6.45, 7) is 0.307. The summed E-state index contributed by atoms with van der Waals surface area (Å²) >= 11 is 11.7. The fraction of sp³-hybridized carbons (Fsp3) is 0.273. The molecule has 2 rings (SSSR count). The van der Waals surface area contributed by atoms with Gasteiger partial charge in [0.15, 0.2) is 0 Å². The number of anilines is 1. The van der Waals surface area contributed by atoms with Crippen LogP contribution < -0.4 is 4.90 Å². The van der Waals surface area contributed by atoms with E-state index in [-0.39, 0.29) is 28.3 Å². The summed E-state index contributed by atoms with van der Waals surface area (Å²) in [7, 11) is 0. The molecule has 1 atom stereocenters. The first-order valence-corrected chi connectivity index (χ1v) is 5.78. The topological polar surface area (TPSA) is 57.6 Å². The van der Waals surface area contributed by atoms with E-state index in [9.17, 15) is 9.59 Å². The number of hydrogen-bond acceptors (Lipinski definition) is 2. The Labute approximate surface area is 108 Å². The van der Waals surface area contributed by atoms with Crippen LogP contribution in [-0.4, -0.2) is 28.9 Å². The van der Waals surface area contributed by atoms with E-state index in [1.807, 2.05) is 0 Å². The summed E-state index contributed by atoms with van der Waals surface area (Å²) in [5.41, 5.74) is 0.242. The summed E-state index contributed by atoms with van der Waals surface area (Å²) in [5.74, 6) is -1.34. The third-order valence-electron chi connectivity index (χ3n) is 2.57. The summed E-state index contributed by atoms with van der Waals surface area (Å²) in [5, 5.41) is 8.93. The van der Waals surface area contributed by atoms with Crippen LogP contribution in [0.3, 0.4) is 0 Å². The number of carboxylic acids is 1. The lowest BCUT2D eigenvalue weighted by Crippen LogP contribution is -2.26. The van der Waals surface area contributed by atoms with Crippen LogP contribution in [0, 0.1) is 0 Å². The van der Waals surface area contributed by atoms with Crippen molar-refractivity contribution in [3.8, 4) is 0 Å². The smallest absolute Gasteiger partial charge is 0.339 e. The molecule has 0 spiro atoms. The van der Waals surface area contributed by atoms with Gasteiger partial charge in [-0.3, -0.25) is 4.79 Å². The van der Waals surface area contributed by atoms with Crippen LogP contribution in [0.4, 0.5) is 5.69 Å². The number of nitrogens with zero attached hydrogens (tertiary/aromatic N) is 1. The molecule has 0 aromatic heterocycles. The molecule has 1 aromatic carbocycles. The van der Waals surface area contributed by atoms with Crippen molar-refractivity contribution < 1.29 is 14.7 Å². The number of aromatic carboxylic acids is 1. The molecule has 1 fully saturated rings. The van der Waals surface area contributed by atoms with Gasteiger partial charge in [-0.15, -0.1) is 11.6 Å². The minimum atomic E-state index is -1.16. The molecular weight excluding hydrogens is 265 g/mol. The van der Waals surface area contributed by atoms with E-state index in [1.54, 1.807) is 12.1 Å². The number of carbonyl (C=O) groups excluding carboxylic acids is 1. The molecule has 1 aliphatic heterocycles. The second-order valence-electron chi connectivity index (χ2n) is 3.74. The molecular formula is C11H9Cl2NO3. The minimum absolute atomic E-state index is 0.0618. The number of carboxylic acid groups (broad SMARTS) is 1. The average molecular weight is 274 g/mol. The third kappa shape index (κ3) is 2.23. The van der Waals surface area contributed by atoms with Gasteiger partial charge in [-0.2, -0.15) is 0 Å². The van der Waals surface area contributed by atoms with Crippen LogP contribution in [0.15, 0.2) is 18.2 Å². The number of benzene rings is 1. The van der Waals surface area contributed by atoms with E-state index >= 15 is 0 Å². The number of rotatable bonds is 2. The molecule has 1 unspecified atom stereocenters. The van der Waals surface area contributed by atoms with Gasteiger partial charge in [-0.1, -0.05) is 17.7 Å². The minimum Gasteiger partial charge on any atom is -0.478 e. The Morgan fingerprint density at radius 2 is 2.18 bits per heavy atom. The highest BCUT2D eigenvalue weighted by Gasteiger charge is 2.32. The van der Waals surface area contributed by atoms with Crippen LogP contribution in [0.5, 0.6) is 0 Å². The SMILES string of the molecule is O=C(O)c1c(Cl)cccc1N1CC(Cl)CC1=O. The maximum atomic E-state index is 11.7. The van der Waals surface area contributed by atoms with Gasteiger partial charge >= 0.3 is 5.97 Å². The quantitative estimate of drug-likeness (QED) is 0.842. The van der Waals surface area contributed by atoms with Crippen molar-refractivity contribution in [3.63, 3.8) is 0 Å². The number of halogens is 2. The Hall–Kier alpha value is -1.26. The summed E-state index contributed by atoms with van der Waals surface area (Å²) in [4.78, 5) is 24.2. The highest BCUT2D eigenvalue weighted by Crippen LogP contribution is 2.31. The van der Waals surface area contributed by atoms with Crippen molar-refractivity contribution in [2.24, 2.45) is 0 Å². The van der Waals surface area contributed by atoms with Gasteiger partial charge in [0.25, 0.3) is 0 Å². The zero-order chi connectivity index (χ0) is 12.6. The Morgan fingerprint density at radius 1 is 1.47 bits per heavy atom. The van der Waals surface area contributed by atoms with Gasteiger partial charge in [-0.05, 0) is 12.1 Å². The lowest BCUT2D eigenvalue weighted by atomic mass is 10.1. The lowest BCUT2D eigenvalue weighted by molar-refractivity contribution is -0.117. The number of amides is 1. The molecule has 17 heavy (non-hydrogen) atoms. The van der Waals surface area contributed by atoms with Crippen molar-refractivity contribution >= 4 is 40.8 Å². The van der Waals surface area contributed by atoms with Gasteiger partial charge in [0, 0.05) is 13.0 Å². The largest absolute Gasteiger partial charge is 0.478 e. The van der Waals surface area contributed by atoms with Crippen LogP contribution in [-0.2, 0) is 4.79 Å². The van der Waals surface area contributed by atoms with Crippen molar-refractivity contribution in [1.82, 2.24) is 0 Å².